The Morgan fingerprint density at radius 2 is 1.67 bits per heavy atom. The predicted octanol–water partition coefficient (Wildman–Crippen LogP) is 1.87. The zero-order valence-electron chi connectivity index (χ0n) is 14.7. The first kappa shape index (κ1) is 19.2. The molecular weight excluding hydrogens is 390 g/mol. The summed E-state index contributed by atoms with van der Waals surface area (Å²) in [6, 6.07) is 12.4. The molecule has 2 aromatic carbocycles. The first-order chi connectivity index (χ1) is 12.6. The van der Waals surface area contributed by atoms with Crippen LogP contribution in [-0.4, -0.2) is 44.6 Å². The molecule has 8 nitrogen and oxygen atoms in total. The number of rotatable bonds is 5. The van der Waals surface area contributed by atoms with Gasteiger partial charge in [-0.25, -0.2) is 16.8 Å². The van der Waals surface area contributed by atoms with Crippen LogP contribution < -0.4 is 4.72 Å². The number of phenolic OH excluding ortho intramolecular Hbond substituents is 1. The fourth-order valence-corrected chi connectivity index (χ4v) is 4.46. The summed E-state index contributed by atoms with van der Waals surface area (Å²) >= 11 is 0. The van der Waals surface area contributed by atoms with Gasteiger partial charge in [-0.15, -0.1) is 0 Å². The maximum Gasteiger partial charge on any atom is 0.247 e. The second kappa shape index (κ2) is 6.86. The number of hydrogen-bond acceptors (Lipinski definition) is 6. The molecule has 1 aliphatic heterocycles. The fourth-order valence-electron chi connectivity index (χ4n) is 2.98. The Morgan fingerprint density at radius 3 is 2.30 bits per heavy atom. The molecule has 0 amide bonds. The second-order valence-corrected chi connectivity index (χ2v) is 9.87. The van der Waals surface area contributed by atoms with Crippen LogP contribution in [0, 0.1) is 0 Å². The van der Waals surface area contributed by atoms with Crippen LogP contribution in [0.2, 0.25) is 0 Å². The smallest absolute Gasteiger partial charge is 0.247 e. The van der Waals surface area contributed by atoms with Gasteiger partial charge in [-0.2, -0.15) is 9.52 Å². The van der Waals surface area contributed by atoms with Crippen molar-refractivity contribution in [2.45, 2.75) is 12.5 Å². The number of para-hydroxylation sites is 2. The Bertz CT molecular complexity index is 1110. The molecule has 0 fully saturated rings. The van der Waals surface area contributed by atoms with Gasteiger partial charge in [0.2, 0.25) is 20.0 Å². The molecule has 10 heteroatoms. The highest BCUT2D eigenvalue weighted by Crippen LogP contribution is 2.39. The molecule has 0 saturated carbocycles. The molecule has 2 N–H and O–H groups in total. The Kier molecular flexibility index (Phi) is 4.87. The summed E-state index contributed by atoms with van der Waals surface area (Å²) in [7, 11) is -7.23. The number of sulfonamides is 2. The van der Waals surface area contributed by atoms with Crippen molar-refractivity contribution in [2.75, 3.05) is 17.2 Å². The number of hydrogen-bond donors (Lipinski definition) is 2. The Balaban J connectivity index is 2.08. The molecule has 0 bridgehead atoms. The van der Waals surface area contributed by atoms with E-state index in [1.807, 2.05) is 0 Å². The molecule has 1 atom stereocenters. The van der Waals surface area contributed by atoms with Crippen molar-refractivity contribution in [1.82, 2.24) is 4.41 Å². The van der Waals surface area contributed by atoms with Gasteiger partial charge < -0.3 is 5.11 Å². The van der Waals surface area contributed by atoms with E-state index in [-0.39, 0.29) is 12.2 Å². The third kappa shape index (κ3) is 4.22. The van der Waals surface area contributed by atoms with Crippen LogP contribution in [0.25, 0.3) is 0 Å². The molecule has 0 radical (unpaired) electrons. The Labute approximate surface area is 158 Å². The lowest BCUT2D eigenvalue weighted by Gasteiger charge is -2.22. The van der Waals surface area contributed by atoms with Crippen molar-refractivity contribution < 1.29 is 21.9 Å². The summed E-state index contributed by atoms with van der Waals surface area (Å²) in [5.41, 5.74) is 1.62. The number of phenols is 1. The molecule has 1 heterocycles. The summed E-state index contributed by atoms with van der Waals surface area (Å²) in [5, 5.41) is 14.4. The minimum Gasteiger partial charge on any atom is -0.508 e. The quantitative estimate of drug-likeness (QED) is 0.782. The zero-order valence-corrected chi connectivity index (χ0v) is 16.3. The standard InChI is InChI=1S/C17H19N3O5S2/c1-26(22,23)19-14-9-5-3-7-12(14)15-11-16(20(18-15)27(2,24)25)13-8-4-6-10-17(13)21/h3-10,16,19,21H,11H2,1-2H3/t16-/m1/s1. The molecular formula is C17H19N3O5S2. The van der Waals surface area contributed by atoms with Crippen molar-refractivity contribution in [2.24, 2.45) is 5.10 Å². The average Bonchev–Trinajstić information content (AvgIpc) is 2.99. The van der Waals surface area contributed by atoms with E-state index in [9.17, 15) is 21.9 Å². The van der Waals surface area contributed by atoms with Gasteiger partial charge in [0.15, 0.2) is 0 Å². The SMILES string of the molecule is CS(=O)(=O)Nc1ccccc1C1=NN(S(C)(=O)=O)[C@@H](c2ccccc2O)C1. The van der Waals surface area contributed by atoms with Crippen LogP contribution >= 0.6 is 0 Å². The molecule has 2 aromatic rings. The lowest BCUT2D eigenvalue weighted by molar-refractivity contribution is 0.361. The van der Waals surface area contributed by atoms with E-state index in [1.165, 1.54) is 6.07 Å². The minimum atomic E-state index is -3.71. The van der Waals surface area contributed by atoms with Crippen molar-refractivity contribution >= 4 is 31.4 Å². The lowest BCUT2D eigenvalue weighted by atomic mass is 9.98. The number of nitrogens with zero attached hydrogens (tertiary/aromatic N) is 2. The molecule has 0 spiro atoms. The summed E-state index contributed by atoms with van der Waals surface area (Å²) < 4.78 is 51.1. The molecule has 27 heavy (non-hydrogen) atoms. The van der Waals surface area contributed by atoms with E-state index < -0.39 is 26.1 Å². The molecule has 0 aliphatic carbocycles. The highest BCUT2D eigenvalue weighted by atomic mass is 32.2. The molecule has 144 valence electrons. The van der Waals surface area contributed by atoms with E-state index in [2.05, 4.69) is 9.82 Å². The zero-order chi connectivity index (χ0) is 19.8. The summed E-state index contributed by atoms with van der Waals surface area (Å²) in [4.78, 5) is 0. The number of hydrazone groups is 1. The van der Waals surface area contributed by atoms with Gasteiger partial charge in [0.05, 0.1) is 30.0 Å². The van der Waals surface area contributed by atoms with Crippen LogP contribution in [-0.2, 0) is 20.0 Å². The van der Waals surface area contributed by atoms with Gasteiger partial charge in [-0.1, -0.05) is 36.4 Å². The summed E-state index contributed by atoms with van der Waals surface area (Å²) in [6.07, 6.45) is 2.26. The van der Waals surface area contributed by atoms with Crippen molar-refractivity contribution in [3.63, 3.8) is 0 Å². The van der Waals surface area contributed by atoms with Gasteiger partial charge >= 0.3 is 0 Å². The topological polar surface area (TPSA) is 116 Å². The van der Waals surface area contributed by atoms with Gasteiger partial charge in [0.25, 0.3) is 0 Å². The Morgan fingerprint density at radius 1 is 1.04 bits per heavy atom. The van der Waals surface area contributed by atoms with Crippen LogP contribution in [0.3, 0.4) is 0 Å². The first-order valence-electron chi connectivity index (χ1n) is 7.98. The second-order valence-electron chi connectivity index (χ2n) is 6.28. The number of nitrogens with one attached hydrogen (secondary N) is 1. The maximum absolute atomic E-state index is 12.2. The van der Waals surface area contributed by atoms with Gasteiger partial charge in [0.1, 0.15) is 5.75 Å². The number of aromatic hydroxyl groups is 1. The van der Waals surface area contributed by atoms with Crippen LogP contribution in [0.4, 0.5) is 5.69 Å². The highest BCUT2D eigenvalue weighted by molar-refractivity contribution is 7.92. The van der Waals surface area contributed by atoms with Crippen molar-refractivity contribution in [3.8, 4) is 5.75 Å². The largest absolute Gasteiger partial charge is 0.508 e. The highest BCUT2D eigenvalue weighted by Gasteiger charge is 2.36. The van der Waals surface area contributed by atoms with Crippen molar-refractivity contribution in [3.05, 3.63) is 59.7 Å². The van der Waals surface area contributed by atoms with E-state index >= 15 is 0 Å². The van der Waals surface area contributed by atoms with E-state index in [1.54, 1.807) is 42.5 Å². The van der Waals surface area contributed by atoms with Crippen LogP contribution in [0.1, 0.15) is 23.6 Å². The lowest BCUT2D eigenvalue weighted by Crippen LogP contribution is -2.25. The molecule has 3 rings (SSSR count). The first-order valence-corrected chi connectivity index (χ1v) is 11.7. The minimum absolute atomic E-state index is 0.0323. The van der Waals surface area contributed by atoms with Gasteiger partial charge in [0, 0.05) is 17.5 Å². The number of benzene rings is 2. The average molecular weight is 409 g/mol. The van der Waals surface area contributed by atoms with Crippen molar-refractivity contribution in [1.29, 1.82) is 0 Å². The van der Waals surface area contributed by atoms with E-state index in [0.29, 0.717) is 22.5 Å². The summed E-state index contributed by atoms with van der Waals surface area (Å²) in [5.74, 6) is -0.0323. The molecule has 1 aliphatic rings. The molecule has 0 saturated heterocycles. The predicted molar refractivity (Wildman–Crippen MR) is 104 cm³/mol. The number of anilines is 1. The third-order valence-corrected chi connectivity index (χ3v) is 5.65. The Hall–Kier alpha value is -2.59. The maximum atomic E-state index is 12.2. The van der Waals surface area contributed by atoms with E-state index in [0.717, 1.165) is 16.9 Å². The molecule has 0 aromatic heterocycles. The van der Waals surface area contributed by atoms with Crippen LogP contribution in [0.5, 0.6) is 5.75 Å². The summed E-state index contributed by atoms with van der Waals surface area (Å²) in [6.45, 7) is 0. The van der Waals surface area contributed by atoms with E-state index in [4.69, 9.17) is 0 Å². The van der Waals surface area contributed by atoms with Gasteiger partial charge in [-0.05, 0) is 12.1 Å². The van der Waals surface area contributed by atoms with Crippen LogP contribution in [0.15, 0.2) is 53.6 Å². The monoisotopic (exact) mass is 409 g/mol. The third-order valence-electron chi connectivity index (χ3n) is 4.04. The fraction of sp³-hybridized carbons (Fsp3) is 0.235. The molecule has 0 unspecified atom stereocenters. The normalized spacial score (nSPS) is 17.6. The van der Waals surface area contributed by atoms with Gasteiger partial charge in [-0.3, -0.25) is 4.72 Å².